The molecule has 5 heteroatoms. The fourth-order valence-electron chi connectivity index (χ4n) is 0.778. The molecule has 0 aliphatic rings. The van der Waals surface area contributed by atoms with E-state index in [4.69, 9.17) is 18.0 Å². The predicted octanol–water partition coefficient (Wildman–Crippen LogP) is 0.714. The van der Waals surface area contributed by atoms with Crippen molar-refractivity contribution in [2.45, 2.75) is 19.3 Å². The van der Waals surface area contributed by atoms with Gasteiger partial charge in [0.15, 0.2) is 0 Å². The molecule has 0 radical (unpaired) electrons. The third-order valence-corrected chi connectivity index (χ3v) is 1.74. The minimum absolute atomic E-state index is 0.0599. The number of unbranched alkanes of at least 4 members (excludes halogenated alkanes) is 1. The van der Waals surface area contributed by atoms with E-state index in [1.165, 1.54) is 4.90 Å². The highest BCUT2D eigenvalue weighted by molar-refractivity contribution is 7.80. The number of thiocarbonyl (C=S) groups is 1. The highest BCUT2D eigenvalue weighted by Crippen LogP contribution is 1.93. The molecule has 0 aliphatic carbocycles. The van der Waals surface area contributed by atoms with Crippen LogP contribution in [0, 0.1) is 0 Å². The normalized spacial score (nSPS) is 9.38. The van der Waals surface area contributed by atoms with E-state index in [0.717, 1.165) is 19.3 Å². The lowest BCUT2D eigenvalue weighted by molar-refractivity contribution is 0.217. The topological polar surface area (TPSA) is 58.4 Å². The van der Waals surface area contributed by atoms with Gasteiger partial charge in [-0.05, 0) is 19.3 Å². The maximum atomic E-state index is 11.0. The van der Waals surface area contributed by atoms with Crippen molar-refractivity contribution in [2.75, 3.05) is 20.6 Å². The summed E-state index contributed by atoms with van der Waals surface area (Å²) in [6, 6.07) is -0.0599. The van der Waals surface area contributed by atoms with Crippen LogP contribution in [-0.2, 0) is 0 Å². The lowest BCUT2D eigenvalue weighted by atomic mass is 10.2. The second-order valence-corrected chi connectivity index (χ2v) is 3.57. The van der Waals surface area contributed by atoms with E-state index >= 15 is 0 Å². The van der Waals surface area contributed by atoms with Crippen LogP contribution in [0.1, 0.15) is 19.3 Å². The fraction of sp³-hybridized carbons (Fsp3) is 0.750. The molecule has 0 spiro atoms. The molecule has 76 valence electrons. The van der Waals surface area contributed by atoms with E-state index in [0.29, 0.717) is 11.5 Å². The Morgan fingerprint density at radius 3 is 2.54 bits per heavy atom. The van der Waals surface area contributed by atoms with E-state index in [9.17, 15) is 4.79 Å². The molecule has 0 atom stereocenters. The number of nitrogens with one attached hydrogen (secondary N) is 1. The first-order valence-electron chi connectivity index (χ1n) is 4.27. The molecule has 0 bridgehead atoms. The molecular formula is C8H17N3OS. The minimum atomic E-state index is -0.0599. The average molecular weight is 203 g/mol. The number of urea groups is 1. The molecular weight excluding hydrogens is 186 g/mol. The molecule has 0 aromatic carbocycles. The molecule has 0 fully saturated rings. The largest absolute Gasteiger partial charge is 0.393 e. The van der Waals surface area contributed by atoms with Gasteiger partial charge in [0.05, 0.1) is 4.99 Å². The molecule has 2 amide bonds. The van der Waals surface area contributed by atoms with Gasteiger partial charge in [0.1, 0.15) is 0 Å². The highest BCUT2D eigenvalue weighted by atomic mass is 32.1. The number of amides is 2. The Hall–Kier alpha value is -0.840. The Bertz CT molecular complexity index is 182. The minimum Gasteiger partial charge on any atom is -0.393 e. The molecule has 0 rings (SSSR count). The summed E-state index contributed by atoms with van der Waals surface area (Å²) in [5.74, 6) is 0. The summed E-state index contributed by atoms with van der Waals surface area (Å²) >= 11 is 4.72. The molecule has 3 N–H and O–H groups in total. The second kappa shape index (κ2) is 6.65. The zero-order valence-corrected chi connectivity index (χ0v) is 8.99. The van der Waals surface area contributed by atoms with Crippen LogP contribution in [0.4, 0.5) is 4.79 Å². The Morgan fingerprint density at radius 2 is 2.08 bits per heavy atom. The predicted molar refractivity (Wildman–Crippen MR) is 57.7 cm³/mol. The van der Waals surface area contributed by atoms with Gasteiger partial charge >= 0.3 is 6.03 Å². The van der Waals surface area contributed by atoms with Crippen molar-refractivity contribution >= 4 is 23.2 Å². The van der Waals surface area contributed by atoms with Crippen molar-refractivity contribution in [1.82, 2.24) is 10.2 Å². The van der Waals surface area contributed by atoms with Crippen LogP contribution in [0.25, 0.3) is 0 Å². The van der Waals surface area contributed by atoms with E-state index in [-0.39, 0.29) is 6.03 Å². The first-order valence-corrected chi connectivity index (χ1v) is 4.68. The molecule has 0 aromatic rings. The Labute approximate surface area is 84.5 Å². The smallest absolute Gasteiger partial charge is 0.316 e. The van der Waals surface area contributed by atoms with Crippen LogP contribution in [0.2, 0.25) is 0 Å². The number of nitrogens with zero attached hydrogens (tertiary/aromatic N) is 1. The molecule has 0 unspecified atom stereocenters. The summed E-state index contributed by atoms with van der Waals surface area (Å²) in [6.07, 6.45) is 2.60. The van der Waals surface area contributed by atoms with Gasteiger partial charge in [-0.15, -0.1) is 0 Å². The van der Waals surface area contributed by atoms with Crippen LogP contribution < -0.4 is 11.1 Å². The summed E-state index contributed by atoms with van der Waals surface area (Å²) in [7, 11) is 3.43. The molecule has 0 saturated heterocycles. The van der Waals surface area contributed by atoms with Crippen LogP contribution >= 0.6 is 12.2 Å². The van der Waals surface area contributed by atoms with Crippen LogP contribution in [0.3, 0.4) is 0 Å². The van der Waals surface area contributed by atoms with Crippen LogP contribution in [0.5, 0.6) is 0 Å². The average Bonchev–Trinajstić information content (AvgIpc) is 2.02. The number of rotatable bonds is 5. The first kappa shape index (κ1) is 12.2. The van der Waals surface area contributed by atoms with Crippen molar-refractivity contribution in [3.8, 4) is 0 Å². The number of nitrogens with two attached hydrogens (primary N) is 1. The lowest BCUT2D eigenvalue weighted by Crippen LogP contribution is -2.35. The zero-order chi connectivity index (χ0) is 10.3. The monoisotopic (exact) mass is 203 g/mol. The van der Waals surface area contributed by atoms with Gasteiger partial charge in [0.2, 0.25) is 0 Å². The summed E-state index contributed by atoms with van der Waals surface area (Å²) < 4.78 is 0. The molecule has 4 nitrogen and oxygen atoms in total. The van der Waals surface area contributed by atoms with Gasteiger partial charge in [-0.25, -0.2) is 4.79 Å². The molecule has 0 aliphatic heterocycles. The summed E-state index contributed by atoms with van der Waals surface area (Å²) in [4.78, 5) is 13.1. The van der Waals surface area contributed by atoms with Gasteiger partial charge in [-0.3, -0.25) is 0 Å². The number of carbonyl (C=O) groups is 1. The first-order chi connectivity index (χ1) is 6.04. The fourth-order valence-corrected chi connectivity index (χ4v) is 0.922. The second-order valence-electron chi connectivity index (χ2n) is 3.05. The van der Waals surface area contributed by atoms with Gasteiger partial charge in [0.25, 0.3) is 0 Å². The van der Waals surface area contributed by atoms with Gasteiger partial charge in [-0.1, -0.05) is 12.2 Å². The van der Waals surface area contributed by atoms with Gasteiger partial charge < -0.3 is 16.0 Å². The van der Waals surface area contributed by atoms with Crippen molar-refractivity contribution in [3.05, 3.63) is 0 Å². The Kier molecular flexibility index (Phi) is 6.22. The number of carbonyl (C=O) groups excluding carboxylic acids is 1. The Balaban J connectivity index is 3.26. The molecule has 0 heterocycles. The maximum absolute atomic E-state index is 11.0. The van der Waals surface area contributed by atoms with E-state index in [1.54, 1.807) is 14.1 Å². The van der Waals surface area contributed by atoms with E-state index in [2.05, 4.69) is 5.32 Å². The third-order valence-electron chi connectivity index (χ3n) is 1.53. The summed E-state index contributed by atoms with van der Waals surface area (Å²) in [5, 5.41) is 2.76. The zero-order valence-electron chi connectivity index (χ0n) is 8.17. The third kappa shape index (κ3) is 7.52. The summed E-state index contributed by atoms with van der Waals surface area (Å²) in [6.45, 7) is 0.680. The lowest BCUT2D eigenvalue weighted by Gasteiger charge is -2.11. The van der Waals surface area contributed by atoms with Crippen molar-refractivity contribution in [3.63, 3.8) is 0 Å². The molecule has 0 saturated carbocycles. The summed E-state index contributed by atoms with van der Waals surface area (Å²) in [5.41, 5.74) is 5.32. The molecule has 13 heavy (non-hydrogen) atoms. The Morgan fingerprint density at radius 1 is 1.46 bits per heavy atom. The quantitative estimate of drug-likeness (QED) is 0.511. The standard InChI is InChI=1S/C8H17N3OS/c1-11(2)8(12)10-6-4-3-5-7(9)13/h3-6H2,1-2H3,(H2,9,13)(H,10,12). The number of hydrogen-bond donors (Lipinski definition) is 2. The van der Waals surface area contributed by atoms with Crippen molar-refractivity contribution in [1.29, 1.82) is 0 Å². The maximum Gasteiger partial charge on any atom is 0.316 e. The van der Waals surface area contributed by atoms with Crippen molar-refractivity contribution < 1.29 is 4.79 Å². The van der Waals surface area contributed by atoms with Crippen LogP contribution in [-0.4, -0.2) is 36.6 Å². The van der Waals surface area contributed by atoms with E-state index in [1.807, 2.05) is 0 Å². The van der Waals surface area contributed by atoms with E-state index < -0.39 is 0 Å². The molecule has 0 aromatic heterocycles. The highest BCUT2D eigenvalue weighted by Gasteiger charge is 2.00. The van der Waals surface area contributed by atoms with Crippen LogP contribution in [0.15, 0.2) is 0 Å². The number of hydrogen-bond acceptors (Lipinski definition) is 2. The van der Waals surface area contributed by atoms with Crippen molar-refractivity contribution in [2.24, 2.45) is 5.73 Å². The van der Waals surface area contributed by atoms with Gasteiger partial charge in [0, 0.05) is 20.6 Å². The SMILES string of the molecule is CN(C)C(=O)NCCCCC(N)=S. The van der Waals surface area contributed by atoms with Gasteiger partial charge in [-0.2, -0.15) is 0 Å².